The van der Waals surface area contributed by atoms with Gasteiger partial charge in [-0.25, -0.2) is 9.59 Å². The van der Waals surface area contributed by atoms with Crippen LogP contribution in [-0.4, -0.2) is 93.9 Å². The van der Waals surface area contributed by atoms with Crippen molar-refractivity contribution >= 4 is 29.4 Å². The smallest absolute Gasteiger partial charge is 0.354 e. The molecule has 206 valence electrons. The van der Waals surface area contributed by atoms with Crippen LogP contribution in [-0.2, 0) is 11.3 Å². The molecule has 12 nitrogen and oxygen atoms in total. The number of likely N-dealkylation sites (tertiary alicyclic amines) is 1. The summed E-state index contributed by atoms with van der Waals surface area (Å²) in [5.74, 6) is -0.208. The van der Waals surface area contributed by atoms with Gasteiger partial charge in [-0.1, -0.05) is 17.7 Å². The standard InChI is InChI=1S/C25H35ClN8O4/c1-25(27)5-10-32(11-6-25)15-17-2-3-18(14-19(17)26)34-9-4-21(31-24(34)38)30-23(37)33-12-7-28-20(16-35)22(36)29-8-13-33/h2-4,9,14,20,28,35H,5-8,10-13,15-16,27H2,1H3,(H,29,36)(H,30,31,37,38)/t20-/m0/s1. The van der Waals surface area contributed by atoms with Gasteiger partial charge < -0.3 is 26.4 Å². The molecule has 2 aromatic rings. The van der Waals surface area contributed by atoms with Crippen molar-refractivity contribution in [2.45, 2.75) is 37.9 Å². The molecule has 0 spiro atoms. The van der Waals surface area contributed by atoms with Crippen LogP contribution in [0.3, 0.4) is 0 Å². The van der Waals surface area contributed by atoms with E-state index in [-0.39, 0.29) is 37.0 Å². The van der Waals surface area contributed by atoms with E-state index < -0.39 is 17.8 Å². The van der Waals surface area contributed by atoms with Crippen LogP contribution in [0.4, 0.5) is 10.6 Å². The zero-order valence-electron chi connectivity index (χ0n) is 21.5. The summed E-state index contributed by atoms with van der Waals surface area (Å²) in [7, 11) is 0. The van der Waals surface area contributed by atoms with Gasteiger partial charge in [-0.2, -0.15) is 4.98 Å². The predicted molar refractivity (Wildman–Crippen MR) is 144 cm³/mol. The van der Waals surface area contributed by atoms with E-state index in [2.05, 4.69) is 32.8 Å². The lowest BCUT2D eigenvalue weighted by Crippen LogP contribution is -2.47. The third-order valence-electron chi connectivity index (χ3n) is 6.99. The minimum Gasteiger partial charge on any atom is -0.394 e. The monoisotopic (exact) mass is 546 g/mol. The summed E-state index contributed by atoms with van der Waals surface area (Å²) in [6.45, 7) is 5.41. The van der Waals surface area contributed by atoms with Gasteiger partial charge in [0.05, 0.1) is 12.3 Å². The summed E-state index contributed by atoms with van der Waals surface area (Å²) < 4.78 is 1.36. The molecule has 0 radical (unpaired) electrons. The minimum absolute atomic E-state index is 0.112. The van der Waals surface area contributed by atoms with E-state index in [0.717, 1.165) is 31.5 Å². The van der Waals surface area contributed by atoms with Gasteiger partial charge in [0.15, 0.2) is 0 Å². The maximum Gasteiger partial charge on any atom is 0.354 e. The lowest BCUT2D eigenvalue weighted by Gasteiger charge is -2.36. The highest BCUT2D eigenvalue weighted by atomic mass is 35.5. The summed E-state index contributed by atoms with van der Waals surface area (Å²) in [4.78, 5) is 45.3. The number of halogens is 1. The fourth-order valence-corrected chi connectivity index (χ4v) is 4.74. The van der Waals surface area contributed by atoms with Crippen molar-refractivity contribution in [3.63, 3.8) is 0 Å². The summed E-state index contributed by atoms with van der Waals surface area (Å²) >= 11 is 6.56. The van der Waals surface area contributed by atoms with Crippen LogP contribution in [0.1, 0.15) is 25.3 Å². The lowest BCUT2D eigenvalue weighted by molar-refractivity contribution is -0.123. The average molecular weight is 547 g/mol. The first-order valence-corrected chi connectivity index (χ1v) is 13.1. The first kappa shape index (κ1) is 28.0. The second-order valence-corrected chi connectivity index (χ2v) is 10.5. The van der Waals surface area contributed by atoms with E-state index in [1.165, 1.54) is 21.7 Å². The number of amides is 3. The van der Waals surface area contributed by atoms with Crippen LogP contribution < -0.4 is 27.4 Å². The maximum atomic E-state index is 12.8. The Kier molecular flexibility index (Phi) is 9.00. The van der Waals surface area contributed by atoms with E-state index in [9.17, 15) is 19.5 Å². The largest absolute Gasteiger partial charge is 0.394 e. The SMILES string of the molecule is CC1(N)CCN(Cc2ccc(-n3ccc(NC(=O)N4CCNC(=O)[C@H](CO)NCC4)nc3=O)cc2Cl)CC1. The van der Waals surface area contributed by atoms with E-state index in [0.29, 0.717) is 30.3 Å². The molecule has 1 atom stereocenters. The average Bonchev–Trinajstić information content (AvgIpc) is 2.96. The quantitative estimate of drug-likeness (QED) is 0.353. The second kappa shape index (κ2) is 12.2. The molecular formula is C25H35ClN8O4. The zero-order valence-corrected chi connectivity index (χ0v) is 22.2. The van der Waals surface area contributed by atoms with Crippen LogP contribution in [0.25, 0.3) is 5.69 Å². The maximum absolute atomic E-state index is 12.8. The number of hydrogen-bond acceptors (Lipinski definition) is 8. The van der Waals surface area contributed by atoms with Crippen molar-refractivity contribution < 1.29 is 14.7 Å². The summed E-state index contributed by atoms with van der Waals surface area (Å²) in [5.41, 5.74) is 7.10. The topological polar surface area (TPSA) is 158 Å². The van der Waals surface area contributed by atoms with Gasteiger partial charge in [-0.05, 0) is 43.5 Å². The number of anilines is 1. The minimum atomic E-state index is -0.720. The number of hydrogen-bond donors (Lipinski definition) is 5. The van der Waals surface area contributed by atoms with E-state index in [4.69, 9.17) is 17.3 Å². The Morgan fingerprint density at radius 1 is 1.21 bits per heavy atom. The third kappa shape index (κ3) is 7.08. The molecule has 1 aromatic heterocycles. The highest BCUT2D eigenvalue weighted by molar-refractivity contribution is 6.31. The molecule has 0 bridgehead atoms. The van der Waals surface area contributed by atoms with Gasteiger partial charge in [0, 0.05) is 62.6 Å². The first-order valence-electron chi connectivity index (χ1n) is 12.7. The van der Waals surface area contributed by atoms with Crippen molar-refractivity contribution in [3.8, 4) is 5.69 Å². The molecule has 0 aliphatic carbocycles. The number of aliphatic hydroxyl groups is 1. The van der Waals surface area contributed by atoms with Crippen molar-refractivity contribution in [2.75, 3.05) is 51.2 Å². The molecule has 0 saturated carbocycles. The number of aliphatic hydroxyl groups excluding tert-OH is 1. The van der Waals surface area contributed by atoms with Crippen molar-refractivity contribution in [1.82, 2.24) is 30.0 Å². The van der Waals surface area contributed by atoms with E-state index in [1.807, 2.05) is 12.1 Å². The molecular weight excluding hydrogens is 512 g/mol. The van der Waals surface area contributed by atoms with Crippen LogP contribution in [0.15, 0.2) is 35.3 Å². The molecule has 3 heterocycles. The Labute approximate surface area is 226 Å². The van der Waals surface area contributed by atoms with Crippen LogP contribution >= 0.6 is 11.6 Å². The van der Waals surface area contributed by atoms with Gasteiger partial charge in [-0.3, -0.25) is 19.6 Å². The number of benzene rings is 1. The molecule has 2 aliphatic rings. The fraction of sp³-hybridized carbons (Fsp3) is 0.520. The van der Waals surface area contributed by atoms with E-state index >= 15 is 0 Å². The normalized spacial score (nSPS) is 20.7. The lowest BCUT2D eigenvalue weighted by atomic mass is 9.91. The van der Waals surface area contributed by atoms with Crippen LogP contribution in [0.2, 0.25) is 5.02 Å². The summed E-state index contributed by atoms with van der Waals surface area (Å²) in [6.07, 6.45) is 3.40. The van der Waals surface area contributed by atoms with Crippen LogP contribution in [0, 0.1) is 0 Å². The van der Waals surface area contributed by atoms with Gasteiger partial charge in [0.25, 0.3) is 0 Å². The number of carbonyl (C=O) groups is 2. The van der Waals surface area contributed by atoms with Gasteiger partial charge in [0.2, 0.25) is 5.91 Å². The Bertz CT molecular complexity index is 1210. The number of carbonyl (C=O) groups excluding carboxylic acids is 2. The van der Waals surface area contributed by atoms with Gasteiger partial charge in [0.1, 0.15) is 11.9 Å². The molecule has 1 aromatic carbocycles. The number of urea groups is 1. The second-order valence-electron chi connectivity index (χ2n) is 10.1. The van der Waals surface area contributed by atoms with Gasteiger partial charge in [-0.15, -0.1) is 0 Å². The fourth-order valence-electron chi connectivity index (χ4n) is 4.50. The number of nitrogens with zero attached hydrogens (tertiary/aromatic N) is 4. The molecule has 4 rings (SSSR count). The molecule has 0 unspecified atom stereocenters. The number of aromatic nitrogens is 2. The molecule has 38 heavy (non-hydrogen) atoms. The Morgan fingerprint density at radius 2 is 1.95 bits per heavy atom. The Balaban J connectivity index is 1.38. The Hall–Kier alpha value is -3.03. The molecule has 2 fully saturated rings. The molecule has 6 N–H and O–H groups in total. The third-order valence-corrected chi connectivity index (χ3v) is 7.34. The molecule has 2 aliphatic heterocycles. The van der Waals surface area contributed by atoms with Crippen molar-refractivity contribution in [1.29, 1.82) is 0 Å². The highest BCUT2D eigenvalue weighted by Gasteiger charge is 2.26. The number of nitrogens with two attached hydrogens (primary N) is 1. The van der Waals surface area contributed by atoms with Gasteiger partial charge >= 0.3 is 11.7 Å². The van der Waals surface area contributed by atoms with Crippen molar-refractivity contribution in [2.24, 2.45) is 5.73 Å². The Morgan fingerprint density at radius 3 is 2.63 bits per heavy atom. The number of piperidine rings is 1. The summed E-state index contributed by atoms with van der Waals surface area (Å²) in [5, 5.41) is 18.1. The number of nitrogens with one attached hydrogen (secondary N) is 3. The molecule has 13 heteroatoms. The molecule has 2 saturated heterocycles. The van der Waals surface area contributed by atoms with Crippen LogP contribution in [0.5, 0.6) is 0 Å². The number of rotatable bonds is 5. The molecule has 3 amide bonds. The van der Waals surface area contributed by atoms with Crippen molar-refractivity contribution in [3.05, 3.63) is 51.5 Å². The predicted octanol–water partition coefficient (Wildman–Crippen LogP) is 0.113. The van der Waals surface area contributed by atoms with E-state index in [1.54, 1.807) is 6.07 Å². The summed E-state index contributed by atoms with van der Waals surface area (Å²) in [6, 6.07) is 5.84. The highest BCUT2D eigenvalue weighted by Crippen LogP contribution is 2.25. The zero-order chi connectivity index (χ0) is 27.3. The first-order chi connectivity index (χ1) is 18.1.